The van der Waals surface area contributed by atoms with Crippen LogP contribution in [0, 0.1) is 13.8 Å². The summed E-state index contributed by atoms with van der Waals surface area (Å²) in [6.45, 7) is 4.69. The predicted molar refractivity (Wildman–Crippen MR) is 111 cm³/mol. The summed E-state index contributed by atoms with van der Waals surface area (Å²) in [5, 5.41) is 7.33. The maximum atomic E-state index is 6.19. The molecule has 0 radical (unpaired) electrons. The van der Waals surface area contributed by atoms with Gasteiger partial charge < -0.3 is 15.4 Å². The fourth-order valence-electron chi connectivity index (χ4n) is 2.71. The fraction of sp³-hybridized carbons (Fsp3) is 0.238. The molecule has 0 aliphatic heterocycles. The molecule has 0 bridgehead atoms. The third kappa shape index (κ3) is 5.11. The van der Waals surface area contributed by atoms with Crippen LogP contribution >= 0.6 is 11.6 Å². The first-order valence-electron chi connectivity index (χ1n) is 8.80. The van der Waals surface area contributed by atoms with Crippen LogP contribution in [0.2, 0.25) is 5.02 Å². The Morgan fingerprint density at radius 2 is 1.81 bits per heavy atom. The number of aromatic nitrogens is 2. The number of hydrogen-bond donors (Lipinski definition) is 2. The van der Waals surface area contributed by atoms with Crippen LogP contribution in [0.5, 0.6) is 5.75 Å². The number of methoxy groups -OCH3 is 1. The fourth-order valence-corrected chi connectivity index (χ4v) is 2.88. The molecule has 0 atom stereocenters. The molecule has 0 spiro atoms. The number of nitrogens with zero attached hydrogens (tertiary/aromatic N) is 2. The van der Waals surface area contributed by atoms with E-state index in [0.29, 0.717) is 11.0 Å². The van der Waals surface area contributed by atoms with Crippen molar-refractivity contribution in [3.05, 3.63) is 70.4 Å². The zero-order chi connectivity index (χ0) is 19.2. The van der Waals surface area contributed by atoms with Crippen LogP contribution in [0.4, 0.5) is 17.5 Å². The quantitative estimate of drug-likeness (QED) is 0.591. The van der Waals surface area contributed by atoms with Gasteiger partial charge in [-0.1, -0.05) is 29.8 Å². The van der Waals surface area contributed by atoms with Gasteiger partial charge in [-0.25, -0.2) is 4.98 Å². The summed E-state index contributed by atoms with van der Waals surface area (Å²) in [6, 6.07) is 15.8. The summed E-state index contributed by atoms with van der Waals surface area (Å²) in [7, 11) is 1.67. The molecule has 6 heteroatoms. The third-order valence-corrected chi connectivity index (χ3v) is 4.66. The molecule has 1 heterocycles. The smallest absolute Gasteiger partial charge is 0.229 e. The summed E-state index contributed by atoms with van der Waals surface area (Å²) < 4.78 is 5.19. The Bertz CT molecular complexity index is 913. The van der Waals surface area contributed by atoms with Gasteiger partial charge in [-0.15, -0.1) is 0 Å². The van der Waals surface area contributed by atoms with Crippen molar-refractivity contribution < 1.29 is 4.74 Å². The van der Waals surface area contributed by atoms with E-state index in [9.17, 15) is 0 Å². The molecule has 2 N–H and O–H groups in total. The van der Waals surface area contributed by atoms with Crippen LogP contribution in [-0.4, -0.2) is 23.6 Å². The van der Waals surface area contributed by atoms with Gasteiger partial charge in [0.15, 0.2) is 0 Å². The van der Waals surface area contributed by atoms with Crippen LogP contribution in [0.1, 0.15) is 16.8 Å². The van der Waals surface area contributed by atoms with Crippen molar-refractivity contribution in [2.45, 2.75) is 20.3 Å². The minimum atomic E-state index is 0.548. The summed E-state index contributed by atoms with van der Waals surface area (Å²) >= 11 is 6.19. The molecule has 3 aromatic rings. The van der Waals surface area contributed by atoms with Crippen molar-refractivity contribution in [3.63, 3.8) is 0 Å². The topological polar surface area (TPSA) is 59.1 Å². The highest BCUT2D eigenvalue weighted by atomic mass is 35.5. The van der Waals surface area contributed by atoms with Gasteiger partial charge in [0, 0.05) is 29.0 Å². The number of hydrogen-bond acceptors (Lipinski definition) is 5. The van der Waals surface area contributed by atoms with Crippen molar-refractivity contribution in [3.8, 4) is 5.75 Å². The molecule has 0 saturated heterocycles. The monoisotopic (exact) mass is 382 g/mol. The average Bonchev–Trinajstić information content (AvgIpc) is 2.66. The molecule has 3 rings (SSSR count). The molecule has 0 saturated carbocycles. The van der Waals surface area contributed by atoms with Crippen molar-refractivity contribution >= 4 is 29.1 Å². The van der Waals surface area contributed by atoms with Gasteiger partial charge in [0.2, 0.25) is 5.95 Å². The molecule has 5 nitrogen and oxygen atoms in total. The van der Waals surface area contributed by atoms with E-state index >= 15 is 0 Å². The first kappa shape index (κ1) is 19.0. The lowest BCUT2D eigenvalue weighted by Crippen LogP contribution is -2.09. The van der Waals surface area contributed by atoms with E-state index in [2.05, 4.69) is 32.7 Å². The first-order chi connectivity index (χ1) is 13.0. The van der Waals surface area contributed by atoms with Gasteiger partial charge in [-0.05, 0) is 55.7 Å². The van der Waals surface area contributed by atoms with E-state index in [4.69, 9.17) is 16.3 Å². The lowest BCUT2D eigenvalue weighted by Gasteiger charge is -2.12. The third-order valence-electron chi connectivity index (χ3n) is 4.25. The van der Waals surface area contributed by atoms with Gasteiger partial charge in [0.05, 0.1) is 7.11 Å². The molecule has 0 unspecified atom stereocenters. The van der Waals surface area contributed by atoms with Crippen LogP contribution < -0.4 is 15.4 Å². The van der Waals surface area contributed by atoms with E-state index in [-0.39, 0.29) is 0 Å². The number of rotatable bonds is 7. The number of ether oxygens (including phenoxy) is 1. The number of halogens is 1. The van der Waals surface area contributed by atoms with E-state index in [1.54, 1.807) is 7.11 Å². The van der Waals surface area contributed by atoms with Gasteiger partial charge in [0.25, 0.3) is 0 Å². The van der Waals surface area contributed by atoms with Gasteiger partial charge in [0.1, 0.15) is 11.6 Å². The molecule has 0 amide bonds. The Morgan fingerprint density at radius 1 is 1.04 bits per heavy atom. The lowest BCUT2D eigenvalue weighted by molar-refractivity contribution is 0.414. The highest BCUT2D eigenvalue weighted by Crippen LogP contribution is 2.25. The molecule has 0 aliphatic rings. The Labute approximate surface area is 164 Å². The SMILES string of the molecule is COc1ccc(CCNc2cc(C)nc(Nc3cccc(Cl)c3C)n2)cc1. The summed E-state index contributed by atoms with van der Waals surface area (Å²) in [5.41, 5.74) is 4.00. The van der Waals surface area contributed by atoms with E-state index in [1.807, 2.05) is 50.2 Å². The maximum Gasteiger partial charge on any atom is 0.229 e. The van der Waals surface area contributed by atoms with E-state index < -0.39 is 0 Å². The molecule has 1 aromatic heterocycles. The number of anilines is 3. The van der Waals surface area contributed by atoms with Crippen LogP contribution in [0.15, 0.2) is 48.5 Å². The molecule has 0 fully saturated rings. The van der Waals surface area contributed by atoms with Crippen LogP contribution in [0.3, 0.4) is 0 Å². The molecule has 2 aromatic carbocycles. The Hall–Kier alpha value is -2.79. The van der Waals surface area contributed by atoms with Gasteiger partial charge >= 0.3 is 0 Å². The molecule has 27 heavy (non-hydrogen) atoms. The zero-order valence-corrected chi connectivity index (χ0v) is 16.5. The van der Waals surface area contributed by atoms with E-state index in [0.717, 1.165) is 41.5 Å². The van der Waals surface area contributed by atoms with Crippen LogP contribution in [-0.2, 0) is 6.42 Å². The van der Waals surface area contributed by atoms with Crippen molar-refractivity contribution in [2.75, 3.05) is 24.3 Å². The second kappa shape index (κ2) is 8.73. The van der Waals surface area contributed by atoms with Crippen LogP contribution in [0.25, 0.3) is 0 Å². The van der Waals surface area contributed by atoms with Crippen molar-refractivity contribution in [1.82, 2.24) is 9.97 Å². The van der Waals surface area contributed by atoms with Gasteiger partial charge in [-0.3, -0.25) is 0 Å². The Kier molecular flexibility index (Phi) is 6.14. The number of benzene rings is 2. The standard InChI is InChI=1S/C21H23ClN4O/c1-14-13-20(23-12-11-16-7-9-17(27-3)10-8-16)26-21(24-14)25-19-6-4-5-18(22)15(19)2/h4-10,13H,11-12H2,1-3H3,(H2,23,24,25,26). The van der Waals surface area contributed by atoms with Gasteiger partial charge in [-0.2, -0.15) is 4.98 Å². The number of aryl methyl sites for hydroxylation is 1. The van der Waals surface area contributed by atoms with E-state index in [1.165, 1.54) is 5.56 Å². The second-order valence-electron chi connectivity index (χ2n) is 6.28. The molecular weight excluding hydrogens is 360 g/mol. The second-order valence-corrected chi connectivity index (χ2v) is 6.69. The minimum Gasteiger partial charge on any atom is -0.497 e. The maximum absolute atomic E-state index is 6.19. The highest BCUT2D eigenvalue weighted by Gasteiger charge is 2.06. The first-order valence-corrected chi connectivity index (χ1v) is 9.17. The summed E-state index contributed by atoms with van der Waals surface area (Å²) in [4.78, 5) is 9.03. The van der Waals surface area contributed by atoms with Crippen molar-refractivity contribution in [2.24, 2.45) is 0 Å². The summed E-state index contributed by atoms with van der Waals surface area (Å²) in [6.07, 6.45) is 0.892. The highest BCUT2D eigenvalue weighted by molar-refractivity contribution is 6.31. The molecular formula is C21H23ClN4O. The lowest BCUT2D eigenvalue weighted by atomic mass is 10.1. The normalized spacial score (nSPS) is 10.5. The average molecular weight is 383 g/mol. The molecule has 0 aliphatic carbocycles. The van der Waals surface area contributed by atoms with Crippen molar-refractivity contribution in [1.29, 1.82) is 0 Å². The Balaban J connectivity index is 1.65. The minimum absolute atomic E-state index is 0.548. The molecule has 140 valence electrons. The largest absolute Gasteiger partial charge is 0.497 e. The Morgan fingerprint density at radius 3 is 2.56 bits per heavy atom. The summed E-state index contributed by atoms with van der Waals surface area (Å²) in [5.74, 6) is 2.20. The predicted octanol–water partition coefficient (Wildman–Crippen LogP) is 5.15. The number of nitrogens with one attached hydrogen (secondary N) is 2. The zero-order valence-electron chi connectivity index (χ0n) is 15.7.